The van der Waals surface area contributed by atoms with Crippen molar-refractivity contribution in [1.29, 1.82) is 0 Å². The quantitative estimate of drug-likeness (QED) is 0.487. The lowest BCUT2D eigenvalue weighted by atomic mass is 9.92. The molecule has 1 fully saturated rings. The maximum absolute atomic E-state index is 13.0. The molecular weight excluding hydrogens is 416 g/mol. The molecule has 0 bridgehead atoms. The van der Waals surface area contributed by atoms with Gasteiger partial charge in [-0.3, -0.25) is 29.5 Å². The first-order chi connectivity index (χ1) is 15.2. The molecule has 11 nitrogen and oxygen atoms in total. The second-order valence-corrected chi connectivity index (χ2v) is 8.40. The van der Waals surface area contributed by atoms with Gasteiger partial charge in [-0.1, -0.05) is 6.92 Å². The summed E-state index contributed by atoms with van der Waals surface area (Å²) in [5, 5.41) is 16.2. The van der Waals surface area contributed by atoms with Crippen molar-refractivity contribution < 1.29 is 14.5 Å². The van der Waals surface area contributed by atoms with Crippen LogP contribution in [0.15, 0.2) is 23.0 Å². The minimum Gasteiger partial charge on any atom is -0.342 e. The van der Waals surface area contributed by atoms with Crippen LogP contribution in [0, 0.1) is 23.0 Å². The zero-order valence-electron chi connectivity index (χ0n) is 17.8. The van der Waals surface area contributed by atoms with Crippen LogP contribution in [0.2, 0.25) is 0 Å². The van der Waals surface area contributed by atoms with Crippen LogP contribution in [-0.2, 0) is 9.59 Å². The number of anilines is 3. The molecule has 168 valence electrons. The first-order valence-corrected chi connectivity index (χ1v) is 10.5. The van der Waals surface area contributed by atoms with Gasteiger partial charge in [-0.2, -0.15) is 4.98 Å². The number of nitrogens with zero attached hydrogens (tertiary/aromatic N) is 3. The predicted molar refractivity (Wildman–Crippen MR) is 118 cm³/mol. The lowest BCUT2D eigenvalue weighted by Crippen LogP contribution is -2.40. The van der Waals surface area contributed by atoms with E-state index in [0.29, 0.717) is 23.1 Å². The maximum Gasteiger partial charge on any atom is 0.269 e. The average molecular weight is 440 g/mol. The number of piperidine rings is 1. The third-order valence-corrected chi connectivity index (χ3v) is 5.89. The van der Waals surface area contributed by atoms with Gasteiger partial charge in [-0.15, -0.1) is 0 Å². The molecule has 32 heavy (non-hydrogen) atoms. The Kier molecular flexibility index (Phi) is 5.64. The van der Waals surface area contributed by atoms with E-state index in [0.717, 1.165) is 25.9 Å². The molecule has 0 saturated carbocycles. The van der Waals surface area contributed by atoms with Crippen molar-refractivity contribution in [2.45, 2.75) is 39.0 Å². The molecule has 1 saturated heterocycles. The molecule has 2 amide bonds. The summed E-state index contributed by atoms with van der Waals surface area (Å²) in [6, 6.07) is 4.06. The highest BCUT2D eigenvalue weighted by atomic mass is 16.6. The van der Waals surface area contributed by atoms with E-state index >= 15 is 0 Å². The smallest absolute Gasteiger partial charge is 0.269 e. The number of carbonyl (C=O) groups excluding carboxylic acids is 2. The number of nitrogens with one attached hydrogen (secondary N) is 3. The SMILES string of the molecule is Cc1cc([N+](=O)[O-])ccc1NC(=O)[C@H]1CC(=O)Nc2nc(N3CCC[C@@H](C)C3)[nH]c(=O)c21. The summed E-state index contributed by atoms with van der Waals surface area (Å²) >= 11 is 0. The van der Waals surface area contributed by atoms with E-state index in [4.69, 9.17) is 0 Å². The van der Waals surface area contributed by atoms with E-state index < -0.39 is 28.2 Å². The molecular formula is C21H24N6O5. The molecule has 3 N–H and O–H groups in total. The van der Waals surface area contributed by atoms with Gasteiger partial charge in [0.1, 0.15) is 5.82 Å². The first-order valence-electron chi connectivity index (χ1n) is 10.5. The number of nitro benzene ring substituents is 1. The molecule has 0 unspecified atom stereocenters. The summed E-state index contributed by atoms with van der Waals surface area (Å²) in [5.41, 5.74) is 0.411. The van der Waals surface area contributed by atoms with Gasteiger partial charge >= 0.3 is 0 Å². The monoisotopic (exact) mass is 440 g/mol. The summed E-state index contributed by atoms with van der Waals surface area (Å²) in [6.45, 7) is 5.26. The van der Waals surface area contributed by atoms with Gasteiger partial charge in [-0.25, -0.2) is 0 Å². The molecule has 11 heteroatoms. The molecule has 1 aromatic carbocycles. The van der Waals surface area contributed by atoms with Gasteiger partial charge in [0.25, 0.3) is 11.2 Å². The minimum absolute atomic E-state index is 0.0944. The fourth-order valence-corrected chi connectivity index (χ4v) is 4.24. The van der Waals surface area contributed by atoms with Crippen molar-refractivity contribution in [2.24, 2.45) is 5.92 Å². The molecule has 1 aromatic heterocycles. The Morgan fingerprint density at radius 1 is 1.34 bits per heavy atom. The molecule has 2 aromatic rings. The normalized spacial score (nSPS) is 20.3. The number of non-ortho nitro benzene ring substituents is 1. The van der Waals surface area contributed by atoms with Gasteiger partial charge in [0.05, 0.1) is 16.4 Å². The van der Waals surface area contributed by atoms with Crippen molar-refractivity contribution in [1.82, 2.24) is 9.97 Å². The van der Waals surface area contributed by atoms with Crippen LogP contribution in [0.4, 0.5) is 23.1 Å². The summed E-state index contributed by atoms with van der Waals surface area (Å²) in [5.74, 6) is -1.05. The van der Waals surface area contributed by atoms with Crippen molar-refractivity contribution in [3.8, 4) is 0 Å². The number of rotatable bonds is 4. The molecule has 0 radical (unpaired) electrons. The molecule has 0 spiro atoms. The number of aryl methyl sites for hydroxylation is 1. The van der Waals surface area contributed by atoms with Crippen LogP contribution >= 0.6 is 0 Å². The lowest BCUT2D eigenvalue weighted by Gasteiger charge is -2.32. The topological polar surface area (TPSA) is 150 Å². The Balaban J connectivity index is 1.63. The third kappa shape index (κ3) is 4.18. The summed E-state index contributed by atoms with van der Waals surface area (Å²) in [6.07, 6.45) is 1.89. The summed E-state index contributed by atoms with van der Waals surface area (Å²) < 4.78 is 0. The highest BCUT2D eigenvalue weighted by Crippen LogP contribution is 2.31. The van der Waals surface area contributed by atoms with Gasteiger partial charge in [0.2, 0.25) is 17.8 Å². The van der Waals surface area contributed by atoms with Crippen molar-refractivity contribution in [3.05, 3.63) is 49.8 Å². The number of fused-ring (bicyclic) bond motifs is 1. The Labute approximate surface area is 183 Å². The zero-order valence-corrected chi connectivity index (χ0v) is 17.8. The zero-order chi connectivity index (χ0) is 23.0. The van der Waals surface area contributed by atoms with Crippen molar-refractivity contribution in [2.75, 3.05) is 28.6 Å². The van der Waals surface area contributed by atoms with Crippen molar-refractivity contribution in [3.63, 3.8) is 0 Å². The van der Waals surface area contributed by atoms with Crippen LogP contribution in [0.25, 0.3) is 0 Å². The molecule has 4 rings (SSSR count). The Bertz CT molecular complexity index is 1160. The predicted octanol–water partition coefficient (Wildman–Crippen LogP) is 2.29. The summed E-state index contributed by atoms with van der Waals surface area (Å²) in [7, 11) is 0. The number of hydrogen-bond acceptors (Lipinski definition) is 7. The van der Waals surface area contributed by atoms with E-state index in [-0.39, 0.29) is 23.5 Å². The van der Waals surface area contributed by atoms with E-state index in [2.05, 4.69) is 27.5 Å². The van der Waals surface area contributed by atoms with E-state index in [1.165, 1.54) is 18.2 Å². The standard InChI is InChI=1S/C21H24N6O5/c1-11-4-3-7-26(10-11)21-24-18-17(20(30)25-21)14(9-16(28)23-18)19(29)22-15-6-5-13(27(31)32)8-12(15)2/h5-6,8,11,14H,3-4,7,9-10H2,1-2H3,(H,22,29)(H2,23,24,25,28,30)/t11-,14+/m1/s1. The third-order valence-electron chi connectivity index (χ3n) is 5.89. The minimum atomic E-state index is -1.03. The van der Waals surface area contributed by atoms with Crippen LogP contribution < -0.4 is 21.1 Å². The average Bonchev–Trinajstić information content (AvgIpc) is 2.74. The van der Waals surface area contributed by atoms with Gasteiger partial charge in [-0.05, 0) is 37.3 Å². The Morgan fingerprint density at radius 2 is 2.12 bits per heavy atom. The molecule has 3 heterocycles. The largest absolute Gasteiger partial charge is 0.342 e. The van der Waals surface area contributed by atoms with Crippen molar-refractivity contribution >= 4 is 35.0 Å². The highest BCUT2D eigenvalue weighted by molar-refractivity contribution is 6.04. The van der Waals surface area contributed by atoms with Crippen LogP contribution in [0.1, 0.15) is 43.2 Å². The van der Waals surface area contributed by atoms with Gasteiger partial charge in [0, 0.05) is 37.3 Å². The van der Waals surface area contributed by atoms with E-state index in [1.54, 1.807) is 6.92 Å². The number of aromatic nitrogens is 2. The second-order valence-electron chi connectivity index (χ2n) is 8.40. The summed E-state index contributed by atoms with van der Waals surface area (Å²) in [4.78, 5) is 57.9. The lowest BCUT2D eigenvalue weighted by molar-refractivity contribution is -0.384. The number of hydrogen-bond donors (Lipinski definition) is 3. The number of nitro groups is 1. The Hall–Kier alpha value is -3.76. The van der Waals surface area contributed by atoms with Crippen LogP contribution in [-0.4, -0.2) is 39.8 Å². The number of aromatic amines is 1. The molecule has 2 aliphatic heterocycles. The fourth-order valence-electron chi connectivity index (χ4n) is 4.24. The van der Waals surface area contributed by atoms with E-state index in [9.17, 15) is 24.5 Å². The van der Waals surface area contributed by atoms with Gasteiger partial charge in [0.15, 0.2) is 0 Å². The number of benzene rings is 1. The first kappa shape index (κ1) is 21.5. The highest BCUT2D eigenvalue weighted by Gasteiger charge is 2.35. The van der Waals surface area contributed by atoms with E-state index in [1.807, 2.05) is 4.90 Å². The molecule has 2 atom stereocenters. The molecule has 2 aliphatic rings. The maximum atomic E-state index is 13.0. The number of amides is 2. The second kappa shape index (κ2) is 8.40. The fraction of sp³-hybridized carbons (Fsp3) is 0.429. The Morgan fingerprint density at radius 3 is 2.81 bits per heavy atom. The molecule has 0 aliphatic carbocycles. The van der Waals surface area contributed by atoms with Crippen LogP contribution in [0.5, 0.6) is 0 Å². The number of H-pyrrole nitrogens is 1. The van der Waals surface area contributed by atoms with Crippen LogP contribution in [0.3, 0.4) is 0 Å². The van der Waals surface area contributed by atoms with Gasteiger partial charge < -0.3 is 15.5 Å². The number of carbonyl (C=O) groups is 2.